The molecule has 0 spiro atoms. The first kappa shape index (κ1) is 17.1. The summed E-state index contributed by atoms with van der Waals surface area (Å²) in [5, 5.41) is 21.6. The van der Waals surface area contributed by atoms with Crippen molar-refractivity contribution in [2.45, 2.75) is 0 Å². The van der Waals surface area contributed by atoms with Crippen molar-refractivity contribution in [3.8, 4) is 0 Å². The van der Waals surface area contributed by atoms with E-state index >= 15 is 0 Å². The Morgan fingerprint density at radius 1 is 0.519 bits per heavy atom. The third kappa shape index (κ3) is 3.13. The average Bonchev–Trinajstić information content (AvgIpc) is 3.38. The molecule has 6 nitrogen and oxygen atoms in total. The van der Waals surface area contributed by atoms with Crippen LogP contribution in [0.15, 0.2) is 47.8 Å². The first-order valence-corrected chi connectivity index (χ1v) is 8.29. The maximum absolute atomic E-state index is 8.20. The smallest absolute Gasteiger partial charge is 0.105 e. The summed E-state index contributed by atoms with van der Waals surface area (Å²) in [5.41, 5.74) is 5.30. The third-order valence-electron chi connectivity index (χ3n) is 4.47. The minimum Gasteiger partial charge on any atom is -0.355 e. The molecule has 5 rings (SSSR count). The zero-order chi connectivity index (χ0) is 17.7. The van der Waals surface area contributed by atoms with E-state index in [-0.39, 0.29) is 27.9 Å². The van der Waals surface area contributed by atoms with Crippen LogP contribution in [-0.2, 0) is 16.5 Å². The molecule has 0 unspecified atom stereocenters. The molecule has 136 valence electrons. The molecule has 0 aromatic carbocycles. The Kier molecular flexibility index (Phi) is 4.09. The summed E-state index contributed by atoms with van der Waals surface area (Å²) in [6, 6.07) is 12.0. The van der Waals surface area contributed by atoms with Gasteiger partial charge in [0.2, 0.25) is 0 Å². The molecule has 1 saturated heterocycles. The minimum absolute atomic E-state index is 0. The second-order valence-corrected chi connectivity index (χ2v) is 6.39. The van der Waals surface area contributed by atoms with Crippen LogP contribution in [0.4, 0.5) is 0 Å². The van der Waals surface area contributed by atoms with E-state index in [9.17, 15) is 0 Å². The Morgan fingerprint density at radius 2 is 0.926 bits per heavy atom. The van der Waals surface area contributed by atoms with Crippen molar-refractivity contribution in [2.75, 3.05) is 0 Å². The van der Waals surface area contributed by atoms with Gasteiger partial charge < -0.3 is 20.3 Å². The monoisotopic (exact) mass is 398 g/mol. The number of H-pyrrole nitrogens is 3. The van der Waals surface area contributed by atoms with Gasteiger partial charge in [-0.1, -0.05) is 0 Å². The van der Waals surface area contributed by atoms with Crippen LogP contribution in [0.2, 0.25) is 0 Å². The summed E-state index contributed by atoms with van der Waals surface area (Å²) < 4.78 is 0. The maximum Gasteiger partial charge on any atom is 0.105 e. The second-order valence-electron chi connectivity index (χ2n) is 6.39. The van der Waals surface area contributed by atoms with Crippen LogP contribution in [0.1, 0.15) is 22.8 Å². The molecule has 3 aromatic heterocycles. The zero-order valence-electron chi connectivity index (χ0n) is 14.1. The van der Waals surface area contributed by atoms with E-state index in [2.05, 4.69) is 20.3 Å². The molecule has 6 N–H and O–H groups in total. The van der Waals surface area contributed by atoms with Crippen molar-refractivity contribution < 1.29 is 16.5 Å². The van der Waals surface area contributed by atoms with Gasteiger partial charge in [0.15, 0.2) is 0 Å². The predicted octanol–water partition coefficient (Wildman–Crippen LogP) is 1.66. The van der Waals surface area contributed by atoms with Gasteiger partial charge in [0.25, 0.3) is 0 Å². The van der Waals surface area contributed by atoms with Gasteiger partial charge in [0.05, 0.1) is 11.4 Å². The Hall–Kier alpha value is -3.31. The summed E-state index contributed by atoms with van der Waals surface area (Å²) in [5.74, 6) is 0. The molecule has 27 heavy (non-hydrogen) atoms. The Bertz CT molecular complexity index is 1150. The number of aromatic nitrogens is 3. The Morgan fingerprint density at radius 3 is 1.37 bits per heavy atom. The molecular formula is C20H16N6Ni. The summed E-state index contributed by atoms with van der Waals surface area (Å²) in [4.78, 5) is 10.0. The molecular weight excluding hydrogens is 383 g/mol. The largest absolute Gasteiger partial charge is 0.355 e. The van der Waals surface area contributed by atoms with Gasteiger partial charge in [0, 0.05) is 50.0 Å². The molecule has 5 heterocycles. The van der Waals surface area contributed by atoms with E-state index in [1.54, 1.807) is 0 Å². The quantitative estimate of drug-likeness (QED) is 0.318. The molecule has 2 aliphatic rings. The second kappa shape index (κ2) is 6.45. The van der Waals surface area contributed by atoms with Crippen molar-refractivity contribution in [2.24, 2.45) is 0 Å². The number of allylic oxidation sites excluding steroid dienone is 2. The van der Waals surface area contributed by atoms with Crippen LogP contribution in [0.25, 0.3) is 24.3 Å². The van der Waals surface area contributed by atoms with Crippen LogP contribution in [0.5, 0.6) is 0 Å². The molecule has 1 fully saturated rings. The zero-order valence-corrected chi connectivity index (χ0v) is 15.1. The summed E-state index contributed by atoms with van der Waals surface area (Å²) in [7, 11) is 0. The average molecular weight is 399 g/mol. The molecule has 7 heteroatoms. The van der Waals surface area contributed by atoms with E-state index in [1.165, 1.54) is 0 Å². The first-order valence-electron chi connectivity index (χ1n) is 8.29. The van der Waals surface area contributed by atoms with Crippen LogP contribution in [0, 0.1) is 10.8 Å². The normalized spacial score (nSPS) is 15.1. The Labute approximate surface area is 164 Å². The van der Waals surface area contributed by atoms with Gasteiger partial charge >= 0.3 is 0 Å². The summed E-state index contributed by atoms with van der Waals surface area (Å²) in [6.45, 7) is 0. The van der Waals surface area contributed by atoms with Crippen molar-refractivity contribution in [3.63, 3.8) is 0 Å². The fourth-order valence-corrected chi connectivity index (χ4v) is 3.20. The summed E-state index contributed by atoms with van der Waals surface area (Å²) >= 11 is 0. The van der Waals surface area contributed by atoms with Crippen molar-refractivity contribution in [1.29, 1.82) is 10.8 Å². The van der Waals surface area contributed by atoms with Crippen LogP contribution in [-0.4, -0.2) is 26.4 Å². The molecule has 0 aliphatic carbocycles. The Balaban J connectivity index is 0.00000180. The molecule has 0 atom stereocenters. The van der Waals surface area contributed by atoms with E-state index in [0.717, 1.165) is 33.5 Å². The molecule has 0 saturated carbocycles. The fourth-order valence-electron chi connectivity index (χ4n) is 3.20. The number of aromatic amines is 3. The SMILES string of the molecule is N=C1C(=N)C2=Cc3ccc([nH]3)C=c3ccc([nH]3)=Cc3ccc([nH]3)C=C1N2.[Ni]. The molecule has 2 aliphatic heterocycles. The fraction of sp³-hybridized carbons (Fsp3) is 0. The molecule has 0 amide bonds. The topological polar surface area (TPSA) is 107 Å². The van der Waals surface area contributed by atoms with Crippen molar-refractivity contribution in [1.82, 2.24) is 20.3 Å². The number of rotatable bonds is 0. The van der Waals surface area contributed by atoms with Crippen LogP contribution >= 0.6 is 0 Å². The van der Waals surface area contributed by atoms with E-state index in [1.807, 2.05) is 60.7 Å². The first-order chi connectivity index (χ1) is 12.6. The molecule has 8 bridgehead atoms. The summed E-state index contributed by atoms with van der Waals surface area (Å²) in [6.07, 6.45) is 7.78. The van der Waals surface area contributed by atoms with Crippen LogP contribution in [0.3, 0.4) is 0 Å². The van der Waals surface area contributed by atoms with Gasteiger partial charge in [0.1, 0.15) is 11.4 Å². The number of hydrogen-bond donors (Lipinski definition) is 6. The number of nitrogens with one attached hydrogen (secondary N) is 6. The molecule has 0 radical (unpaired) electrons. The number of fused-ring (bicyclic) bond motifs is 8. The standard InChI is InChI=1S/C20H16N6.Ni/c21-19-17-9-15-5-3-13(24-15)7-11-1-2-12(23-11)8-14-4-6-16(25-14)10-18(26-17)20(19)22;/h1-10,21-26H;. The van der Waals surface area contributed by atoms with Gasteiger partial charge in [-0.15, -0.1) is 0 Å². The van der Waals surface area contributed by atoms with Crippen molar-refractivity contribution >= 4 is 35.7 Å². The maximum atomic E-state index is 8.20. The van der Waals surface area contributed by atoms with Gasteiger partial charge in [-0.3, -0.25) is 10.8 Å². The van der Waals surface area contributed by atoms with Gasteiger partial charge in [-0.05, 0) is 60.7 Å². The van der Waals surface area contributed by atoms with E-state index in [4.69, 9.17) is 10.8 Å². The molecule has 3 aromatic rings. The van der Waals surface area contributed by atoms with E-state index < -0.39 is 0 Å². The minimum atomic E-state index is 0. The third-order valence-corrected chi connectivity index (χ3v) is 4.47. The van der Waals surface area contributed by atoms with Gasteiger partial charge in [-0.25, -0.2) is 0 Å². The van der Waals surface area contributed by atoms with E-state index in [0.29, 0.717) is 11.4 Å². The van der Waals surface area contributed by atoms with Crippen molar-refractivity contribution in [3.05, 3.63) is 81.3 Å². The number of hydrogen-bond acceptors (Lipinski definition) is 3. The predicted molar refractivity (Wildman–Crippen MR) is 103 cm³/mol. The van der Waals surface area contributed by atoms with Gasteiger partial charge in [-0.2, -0.15) is 0 Å². The van der Waals surface area contributed by atoms with Crippen LogP contribution < -0.4 is 16.0 Å².